The maximum atomic E-state index is 5.97. The second-order valence-corrected chi connectivity index (χ2v) is 5.60. The van der Waals surface area contributed by atoms with E-state index >= 15 is 0 Å². The average molecular weight is 267 g/mol. The van der Waals surface area contributed by atoms with Crippen LogP contribution in [0.5, 0.6) is 17.2 Å². The van der Waals surface area contributed by atoms with E-state index in [0.29, 0.717) is 12.3 Å². The molecular formula is C15H25NO3. The van der Waals surface area contributed by atoms with Gasteiger partial charge in [-0.25, -0.2) is 0 Å². The van der Waals surface area contributed by atoms with Crippen LogP contribution < -0.4 is 19.9 Å². The van der Waals surface area contributed by atoms with E-state index < -0.39 is 0 Å². The zero-order valence-corrected chi connectivity index (χ0v) is 12.7. The average Bonchev–Trinajstić information content (AvgIpc) is 2.37. The van der Waals surface area contributed by atoms with Gasteiger partial charge in [0.15, 0.2) is 0 Å². The van der Waals surface area contributed by atoms with E-state index in [1.807, 2.05) is 12.1 Å². The first kappa shape index (κ1) is 15.6. The van der Waals surface area contributed by atoms with Gasteiger partial charge in [-0.2, -0.15) is 0 Å². The van der Waals surface area contributed by atoms with Crippen LogP contribution in [-0.4, -0.2) is 27.9 Å². The lowest BCUT2D eigenvalue weighted by molar-refractivity contribution is 0.297. The van der Waals surface area contributed by atoms with Gasteiger partial charge in [0, 0.05) is 23.6 Å². The van der Waals surface area contributed by atoms with Crippen LogP contribution in [0.4, 0.5) is 0 Å². The molecule has 1 rings (SSSR count). The van der Waals surface area contributed by atoms with E-state index in [4.69, 9.17) is 19.9 Å². The van der Waals surface area contributed by atoms with Gasteiger partial charge in [-0.1, -0.05) is 20.8 Å². The Hall–Kier alpha value is -1.42. The molecule has 0 aliphatic heterocycles. The molecule has 2 N–H and O–H groups in total. The number of rotatable bonds is 5. The Labute approximate surface area is 115 Å². The molecule has 1 unspecified atom stereocenters. The van der Waals surface area contributed by atoms with E-state index in [9.17, 15) is 0 Å². The fourth-order valence-electron chi connectivity index (χ4n) is 2.28. The number of ether oxygens (including phenoxy) is 3. The molecule has 1 aromatic rings. The second-order valence-electron chi connectivity index (χ2n) is 5.60. The largest absolute Gasteiger partial charge is 0.496 e. The molecule has 0 amide bonds. The van der Waals surface area contributed by atoms with E-state index in [1.165, 1.54) is 0 Å². The van der Waals surface area contributed by atoms with Crippen molar-refractivity contribution >= 4 is 0 Å². The smallest absolute Gasteiger partial charge is 0.129 e. The van der Waals surface area contributed by atoms with Crippen LogP contribution in [0, 0.1) is 5.41 Å². The zero-order chi connectivity index (χ0) is 14.6. The number of hydrogen-bond acceptors (Lipinski definition) is 4. The zero-order valence-electron chi connectivity index (χ0n) is 12.7. The third kappa shape index (κ3) is 3.32. The lowest BCUT2D eigenvalue weighted by atomic mass is 9.76. The Bertz CT molecular complexity index is 399. The van der Waals surface area contributed by atoms with Crippen molar-refractivity contribution in [2.24, 2.45) is 11.1 Å². The predicted molar refractivity (Wildman–Crippen MR) is 77.3 cm³/mol. The number of hydrogen-bond donors (Lipinski definition) is 1. The fraction of sp³-hybridized carbons (Fsp3) is 0.600. The van der Waals surface area contributed by atoms with Crippen molar-refractivity contribution in [1.82, 2.24) is 0 Å². The summed E-state index contributed by atoms with van der Waals surface area (Å²) in [6.45, 7) is 7.01. The summed E-state index contributed by atoms with van der Waals surface area (Å²) in [5.41, 5.74) is 6.98. The lowest BCUT2D eigenvalue weighted by Crippen LogP contribution is -2.27. The lowest BCUT2D eigenvalue weighted by Gasteiger charge is -2.32. The summed E-state index contributed by atoms with van der Waals surface area (Å²) in [5, 5.41) is 0. The van der Waals surface area contributed by atoms with Crippen molar-refractivity contribution in [1.29, 1.82) is 0 Å². The SMILES string of the molecule is COc1cc(OC)c(C(CN)C(C)(C)C)c(OC)c1. The highest BCUT2D eigenvalue weighted by atomic mass is 16.5. The van der Waals surface area contributed by atoms with Gasteiger partial charge in [-0.15, -0.1) is 0 Å². The third-order valence-corrected chi connectivity index (χ3v) is 3.38. The molecule has 0 fully saturated rings. The van der Waals surface area contributed by atoms with Crippen LogP contribution in [0.25, 0.3) is 0 Å². The van der Waals surface area contributed by atoms with Crippen LogP contribution in [0.3, 0.4) is 0 Å². The Morgan fingerprint density at radius 3 is 1.74 bits per heavy atom. The van der Waals surface area contributed by atoms with Crippen molar-refractivity contribution in [3.63, 3.8) is 0 Å². The van der Waals surface area contributed by atoms with Gasteiger partial charge in [0.1, 0.15) is 17.2 Å². The molecule has 0 heterocycles. The van der Waals surface area contributed by atoms with E-state index in [-0.39, 0.29) is 11.3 Å². The van der Waals surface area contributed by atoms with Crippen LogP contribution >= 0.6 is 0 Å². The monoisotopic (exact) mass is 267 g/mol. The van der Waals surface area contributed by atoms with E-state index in [0.717, 1.165) is 17.1 Å². The Kier molecular flexibility index (Phi) is 5.06. The van der Waals surface area contributed by atoms with Crippen molar-refractivity contribution in [3.8, 4) is 17.2 Å². The molecule has 0 aliphatic rings. The molecule has 1 atom stereocenters. The minimum atomic E-state index is 0.0178. The topological polar surface area (TPSA) is 53.7 Å². The summed E-state index contributed by atoms with van der Waals surface area (Å²) in [4.78, 5) is 0. The van der Waals surface area contributed by atoms with Crippen molar-refractivity contribution in [2.45, 2.75) is 26.7 Å². The van der Waals surface area contributed by atoms with Gasteiger partial charge in [-0.3, -0.25) is 0 Å². The molecule has 0 aromatic heterocycles. The molecule has 4 heteroatoms. The number of benzene rings is 1. The standard InChI is InChI=1S/C15H25NO3/c1-15(2,3)11(9-16)14-12(18-5)7-10(17-4)8-13(14)19-6/h7-8,11H,9,16H2,1-6H3. The van der Waals surface area contributed by atoms with Gasteiger partial charge in [0.25, 0.3) is 0 Å². The minimum absolute atomic E-state index is 0.0178. The van der Waals surface area contributed by atoms with Crippen LogP contribution in [0.1, 0.15) is 32.3 Å². The summed E-state index contributed by atoms with van der Waals surface area (Å²) in [6, 6.07) is 3.73. The molecule has 108 valence electrons. The Balaban J connectivity index is 3.46. The summed E-state index contributed by atoms with van der Waals surface area (Å²) in [5.74, 6) is 2.36. The summed E-state index contributed by atoms with van der Waals surface area (Å²) in [6.07, 6.45) is 0. The van der Waals surface area contributed by atoms with Gasteiger partial charge in [0.2, 0.25) is 0 Å². The molecule has 0 aliphatic carbocycles. The van der Waals surface area contributed by atoms with Crippen molar-refractivity contribution < 1.29 is 14.2 Å². The normalized spacial score (nSPS) is 13.0. The molecule has 0 spiro atoms. The number of methoxy groups -OCH3 is 3. The van der Waals surface area contributed by atoms with Crippen LogP contribution in [0.15, 0.2) is 12.1 Å². The molecule has 4 nitrogen and oxygen atoms in total. The van der Waals surface area contributed by atoms with E-state index in [1.54, 1.807) is 21.3 Å². The molecule has 0 saturated carbocycles. The quantitative estimate of drug-likeness (QED) is 0.891. The molecule has 0 radical (unpaired) electrons. The maximum absolute atomic E-state index is 5.97. The van der Waals surface area contributed by atoms with E-state index in [2.05, 4.69) is 20.8 Å². The van der Waals surface area contributed by atoms with Gasteiger partial charge < -0.3 is 19.9 Å². The maximum Gasteiger partial charge on any atom is 0.129 e. The second kappa shape index (κ2) is 6.15. The van der Waals surface area contributed by atoms with Crippen LogP contribution in [-0.2, 0) is 0 Å². The summed E-state index contributed by atoms with van der Waals surface area (Å²) >= 11 is 0. The van der Waals surface area contributed by atoms with Gasteiger partial charge in [-0.05, 0) is 12.0 Å². The first-order valence-electron chi connectivity index (χ1n) is 6.39. The van der Waals surface area contributed by atoms with Gasteiger partial charge >= 0.3 is 0 Å². The summed E-state index contributed by atoms with van der Waals surface area (Å²) < 4.78 is 16.2. The molecule has 0 bridgehead atoms. The molecule has 19 heavy (non-hydrogen) atoms. The Morgan fingerprint density at radius 1 is 1.00 bits per heavy atom. The fourth-order valence-corrected chi connectivity index (χ4v) is 2.28. The molecular weight excluding hydrogens is 242 g/mol. The Morgan fingerprint density at radius 2 is 1.47 bits per heavy atom. The first-order chi connectivity index (χ1) is 8.88. The van der Waals surface area contributed by atoms with Crippen LogP contribution in [0.2, 0.25) is 0 Å². The van der Waals surface area contributed by atoms with Gasteiger partial charge in [0.05, 0.1) is 21.3 Å². The first-order valence-corrected chi connectivity index (χ1v) is 6.39. The van der Waals surface area contributed by atoms with Crippen molar-refractivity contribution in [3.05, 3.63) is 17.7 Å². The molecule has 1 aromatic carbocycles. The van der Waals surface area contributed by atoms with Crippen molar-refractivity contribution in [2.75, 3.05) is 27.9 Å². The summed E-state index contributed by atoms with van der Waals surface area (Å²) in [7, 11) is 4.92. The highest BCUT2D eigenvalue weighted by Gasteiger charge is 2.31. The highest BCUT2D eigenvalue weighted by Crippen LogP contribution is 2.45. The predicted octanol–water partition coefficient (Wildman–Crippen LogP) is 2.80. The number of nitrogens with two attached hydrogens (primary N) is 1. The third-order valence-electron chi connectivity index (χ3n) is 3.38. The molecule has 0 saturated heterocycles. The minimum Gasteiger partial charge on any atom is -0.496 e. The highest BCUT2D eigenvalue weighted by molar-refractivity contribution is 5.53.